The fraction of sp³-hybridized carbons (Fsp3) is 0.619. The standard InChI is InChI=1S/C21H32N2O2/c1-15(2)23(16(3)4)13-12-22-21(25)11-10-20(24)19-9-8-17-6-5-7-18(17)14-19/h8-9,14-16H,5-7,10-13H2,1-4H3,(H,22,25). The molecule has 1 amide bonds. The molecule has 2 rings (SSSR count). The summed E-state index contributed by atoms with van der Waals surface area (Å²) in [7, 11) is 0. The van der Waals surface area contributed by atoms with E-state index in [1.54, 1.807) is 0 Å². The first-order valence-corrected chi connectivity index (χ1v) is 9.56. The van der Waals surface area contributed by atoms with Gasteiger partial charge in [0.1, 0.15) is 0 Å². The van der Waals surface area contributed by atoms with Crippen molar-refractivity contribution in [3.05, 3.63) is 34.9 Å². The first-order valence-electron chi connectivity index (χ1n) is 9.56. The zero-order valence-electron chi connectivity index (χ0n) is 16.1. The SMILES string of the molecule is CC(C)N(CCNC(=O)CCC(=O)c1ccc2c(c1)CCC2)C(C)C. The summed E-state index contributed by atoms with van der Waals surface area (Å²) in [5.74, 6) is 0.0257. The third kappa shape index (κ3) is 5.67. The lowest BCUT2D eigenvalue weighted by molar-refractivity contribution is -0.121. The fourth-order valence-electron chi connectivity index (χ4n) is 3.64. The van der Waals surface area contributed by atoms with Crippen molar-refractivity contribution in [2.75, 3.05) is 13.1 Å². The van der Waals surface area contributed by atoms with Gasteiger partial charge in [0.2, 0.25) is 5.91 Å². The van der Waals surface area contributed by atoms with E-state index in [1.807, 2.05) is 12.1 Å². The van der Waals surface area contributed by atoms with Gasteiger partial charge in [-0.15, -0.1) is 0 Å². The van der Waals surface area contributed by atoms with E-state index in [9.17, 15) is 9.59 Å². The molecule has 0 radical (unpaired) electrons. The maximum atomic E-state index is 12.3. The topological polar surface area (TPSA) is 49.4 Å². The largest absolute Gasteiger partial charge is 0.355 e. The second-order valence-corrected chi connectivity index (χ2v) is 7.54. The molecule has 1 aromatic carbocycles. The van der Waals surface area contributed by atoms with Gasteiger partial charge in [0.15, 0.2) is 5.78 Å². The molecular weight excluding hydrogens is 312 g/mol. The molecule has 1 aliphatic carbocycles. The monoisotopic (exact) mass is 344 g/mol. The van der Waals surface area contributed by atoms with E-state index in [0.717, 1.165) is 24.9 Å². The van der Waals surface area contributed by atoms with Crippen molar-refractivity contribution in [2.24, 2.45) is 0 Å². The Morgan fingerprint density at radius 3 is 2.40 bits per heavy atom. The highest BCUT2D eigenvalue weighted by molar-refractivity contribution is 5.98. The molecule has 4 heteroatoms. The van der Waals surface area contributed by atoms with Crippen molar-refractivity contribution < 1.29 is 9.59 Å². The van der Waals surface area contributed by atoms with Gasteiger partial charge in [0.25, 0.3) is 0 Å². The molecule has 1 aromatic rings. The zero-order valence-corrected chi connectivity index (χ0v) is 16.1. The molecule has 0 heterocycles. The van der Waals surface area contributed by atoms with Crippen molar-refractivity contribution in [3.63, 3.8) is 0 Å². The maximum absolute atomic E-state index is 12.3. The molecule has 1 N–H and O–H groups in total. The summed E-state index contributed by atoms with van der Waals surface area (Å²) < 4.78 is 0. The molecule has 4 nitrogen and oxygen atoms in total. The summed E-state index contributed by atoms with van der Waals surface area (Å²) in [4.78, 5) is 26.7. The lowest BCUT2D eigenvalue weighted by atomic mass is 10.0. The molecule has 0 bridgehead atoms. The van der Waals surface area contributed by atoms with E-state index >= 15 is 0 Å². The van der Waals surface area contributed by atoms with Gasteiger partial charge in [0, 0.05) is 43.6 Å². The Labute approximate surface area is 152 Å². The Bertz CT molecular complexity index is 600. The Hall–Kier alpha value is -1.68. The van der Waals surface area contributed by atoms with Gasteiger partial charge in [0.05, 0.1) is 0 Å². The van der Waals surface area contributed by atoms with Gasteiger partial charge in [-0.2, -0.15) is 0 Å². The quantitative estimate of drug-likeness (QED) is 0.699. The third-order valence-corrected chi connectivity index (χ3v) is 5.02. The van der Waals surface area contributed by atoms with Crippen molar-refractivity contribution >= 4 is 11.7 Å². The minimum atomic E-state index is -0.0398. The molecule has 0 aliphatic heterocycles. The van der Waals surface area contributed by atoms with E-state index in [1.165, 1.54) is 17.5 Å². The van der Waals surface area contributed by atoms with Crippen LogP contribution < -0.4 is 5.32 Å². The van der Waals surface area contributed by atoms with E-state index in [-0.39, 0.29) is 24.5 Å². The highest BCUT2D eigenvalue weighted by Crippen LogP contribution is 2.23. The molecule has 0 atom stereocenters. The first kappa shape index (κ1) is 19.6. The molecule has 25 heavy (non-hydrogen) atoms. The summed E-state index contributed by atoms with van der Waals surface area (Å²) in [5.41, 5.74) is 3.42. The van der Waals surface area contributed by atoms with E-state index in [0.29, 0.717) is 18.6 Å². The van der Waals surface area contributed by atoms with Crippen molar-refractivity contribution in [2.45, 2.75) is 71.9 Å². The van der Waals surface area contributed by atoms with Crippen LogP contribution in [0.1, 0.15) is 68.4 Å². The zero-order chi connectivity index (χ0) is 18.4. The van der Waals surface area contributed by atoms with Crippen molar-refractivity contribution in [3.8, 4) is 0 Å². The highest BCUT2D eigenvalue weighted by Gasteiger charge is 2.16. The number of Topliss-reactive ketones (excluding diaryl/α,β-unsaturated/α-hetero) is 1. The average molecular weight is 344 g/mol. The van der Waals surface area contributed by atoms with Crippen molar-refractivity contribution in [1.29, 1.82) is 0 Å². The number of fused-ring (bicyclic) bond motifs is 1. The van der Waals surface area contributed by atoms with Gasteiger partial charge < -0.3 is 5.32 Å². The minimum Gasteiger partial charge on any atom is -0.355 e. The number of carbonyl (C=O) groups is 2. The number of benzene rings is 1. The van der Waals surface area contributed by atoms with Crippen LogP contribution in [-0.4, -0.2) is 41.8 Å². The summed E-state index contributed by atoms with van der Waals surface area (Å²) in [6.07, 6.45) is 3.91. The van der Waals surface area contributed by atoms with Gasteiger partial charge >= 0.3 is 0 Å². The van der Waals surface area contributed by atoms with Gasteiger partial charge in [-0.25, -0.2) is 0 Å². The molecule has 0 saturated carbocycles. The number of rotatable bonds is 9. The van der Waals surface area contributed by atoms with Crippen LogP contribution in [0.4, 0.5) is 0 Å². The molecular formula is C21H32N2O2. The molecule has 0 aromatic heterocycles. The normalized spacial score (nSPS) is 13.6. The van der Waals surface area contributed by atoms with Crippen LogP contribution >= 0.6 is 0 Å². The number of amides is 1. The minimum absolute atomic E-state index is 0.0398. The number of hydrogen-bond acceptors (Lipinski definition) is 3. The number of nitrogens with zero attached hydrogens (tertiary/aromatic N) is 1. The van der Waals surface area contributed by atoms with Gasteiger partial charge in [-0.3, -0.25) is 14.5 Å². The summed E-state index contributed by atoms with van der Waals surface area (Å²) >= 11 is 0. The van der Waals surface area contributed by atoms with E-state index < -0.39 is 0 Å². The molecule has 0 fully saturated rings. The smallest absolute Gasteiger partial charge is 0.220 e. The molecule has 138 valence electrons. The Morgan fingerprint density at radius 2 is 1.72 bits per heavy atom. The molecule has 1 aliphatic rings. The first-order chi connectivity index (χ1) is 11.9. The van der Waals surface area contributed by atoms with Crippen LogP contribution in [0.3, 0.4) is 0 Å². The van der Waals surface area contributed by atoms with Crippen LogP contribution in [0, 0.1) is 0 Å². The summed E-state index contributed by atoms with van der Waals surface area (Å²) in [6, 6.07) is 6.91. The highest BCUT2D eigenvalue weighted by atomic mass is 16.2. The number of hydrogen-bond donors (Lipinski definition) is 1. The Morgan fingerprint density at radius 1 is 1.04 bits per heavy atom. The van der Waals surface area contributed by atoms with Crippen LogP contribution in [-0.2, 0) is 17.6 Å². The van der Waals surface area contributed by atoms with Crippen LogP contribution in [0.2, 0.25) is 0 Å². The Kier molecular flexibility index (Phi) is 7.18. The lowest BCUT2D eigenvalue weighted by Gasteiger charge is -2.30. The summed E-state index contributed by atoms with van der Waals surface area (Å²) in [6.45, 7) is 10.1. The predicted octanol–water partition coefficient (Wildman–Crippen LogP) is 3.37. The Balaban J connectivity index is 1.73. The number of nitrogens with one attached hydrogen (secondary N) is 1. The molecule has 0 spiro atoms. The predicted molar refractivity (Wildman–Crippen MR) is 102 cm³/mol. The lowest BCUT2D eigenvalue weighted by Crippen LogP contribution is -2.42. The third-order valence-electron chi connectivity index (χ3n) is 5.02. The van der Waals surface area contributed by atoms with E-state index in [4.69, 9.17) is 0 Å². The van der Waals surface area contributed by atoms with Gasteiger partial charge in [-0.1, -0.05) is 12.1 Å². The maximum Gasteiger partial charge on any atom is 0.220 e. The molecule has 0 saturated heterocycles. The second-order valence-electron chi connectivity index (χ2n) is 7.54. The van der Waals surface area contributed by atoms with Crippen LogP contribution in [0.15, 0.2) is 18.2 Å². The molecule has 0 unspecified atom stereocenters. The average Bonchev–Trinajstić information content (AvgIpc) is 3.03. The van der Waals surface area contributed by atoms with Crippen molar-refractivity contribution in [1.82, 2.24) is 10.2 Å². The fourth-order valence-corrected chi connectivity index (χ4v) is 3.64. The van der Waals surface area contributed by atoms with Crippen LogP contribution in [0.5, 0.6) is 0 Å². The van der Waals surface area contributed by atoms with E-state index in [2.05, 4.69) is 44.0 Å². The second kappa shape index (κ2) is 9.14. The van der Waals surface area contributed by atoms with Gasteiger partial charge in [-0.05, 0) is 64.2 Å². The van der Waals surface area contributed by atoms with Crippen LogP contribution in [0.25, 0.3) is 0 Å². The number of aryl methyl sites for hydroxylation is 2. The number of carbonyl (C=O) groups excluding carboxylic acids is 2. The summed E-state index contributed by atoms with van der Waals surface area (Å²) in [5, 5.41) is 2.94. The number of ketones is 1.